The van der Waals surface area contributed by atoms with Gasteiger partial charge in [0.05, 0.1) is 10.6 Å². The van der Waals surface area contributed by atoms with E-state index in [0.717, 1.165) is 42.5 Å². The molecule has 0 atom stereocenters. The normalized spacial score (nSPS) is 18.9. The van der Waals surface area contributed by atoms with Crippen LogP contribution in [0.25, 0.3) is 0 Å². The van der Waals surface area contributed by atoms with Crippen LogP contribution >= 0.6 is 11.3 Å². The molecule has 0 aromatic carbocycles. The third kappa shape index (κ3) is 6.20. The van der Waals surface area contributed by atoms with Crippen LogP contribution in [0.2, 0.25) is 0 Å². The minimum Gasteiger partial charge on any atom is -0.477 e. The van der Waals surface area contributed by atoms with Crippen molar-refractivity contribution in [3.8, 4) is 17.9 Å². The fraction of sp³-hybridized carbons (Fsp3) is 0.522. The number of aromatic carboxylic acids is 1. The summed E-state index contributed by atoms with van der Waals surface area (Å²) in [7, 11) is 0. The average molecular weight is 428 g/mol. The predicted molar refractivity (Wildman–Crippen MR) is 119 cm³/mol. The van der Waals surface area contributed by atoms with Crippen molar-refractivity contribution >= 4 is 23.0 Å². The van der Waals surface area contributed by atoms with Crippen LogP contribution in [0, 0.1) is 17.3 Å². The van der Waals surface area contributed by atoms with Crippen molar-refractivity contribution in [2.24, 2.45) is 5.41 Å². The van der Waals surface area contributed by atoms with Crippen LogP contribution < -0.4 is 10.1 Å². The second-order valence-corrected chi connectivity index (χ2v) is 9.67. The number of carboxylic acids is 1. The first kappa shape index (κ1) is 22.1. The van der Waals surface area contributed by atoms with Gasteiger partial charge in [-0.2, -0.15) is 0 Å². The Morgan fingerprint density at radius 3 is 2.50 bits per heavy atom. The molecule has 0 aliphatic heterocycles. The molecule has 1 saturated carbocycles. The largest absolute Gasteiger partial charge is 0.477 e. The van der Waals surface area contributed by atoms with Gasteiger partial charge in [-0.25, -0.2) is 14.8 Å². The van der Waals surface area contributed by atoms with Gasteiger partial charge in [0.15, 0.2) is 0 Å². The molecule has 7 heteroatoms. The van der Waals surface area contributed by atoms with Gasteiger partial charge < -0.3 is 15.2 Å². The van der Waals surface area contributed by atoms with E-state index in [0.29, 0.717) is 16.6 Å². The summed E-state index contributed by atoms with van der Waals surface area (Å²) >= 11 is 1.23. The zero-order valence-corrected chi connectivity index (χ0v) is 18.8. The zero-order valence-electron chi connectivity index (χ0n) is 18.0. The molecular weight excluding hydrogens is 398 g/mol. The van der Waals surface area contributed by atoms with E-state index in [-0.39, 0.29) is 17.6 Å². The summed E-state index contributed by atoms with van der Waals surface area (Å²) in [5, 5.41) is 13.0. The highest BCUT2D eigenvalue weighted by Gasteiger charge is 2.25. The van der Waals surface area contributed by atoms with E-state index in [1.807, 2.05) is 26.8 Å². The fourth-order valence-electron chi connectivity index (χ4n) is 3.25. The van der Waals surface area contributed by atoms with E-state index >= 15 is 0 Å². The lowest BCUT2D eigenvalue weighted by Crippen LogP contribution is -2.31. The van der Waals surface area contributed by atoms with Crippen LogP contribution in [0.3, 0.4) is 0 Å². The lowest BCUT2D eigenvalue weighted by atomic mass is 9.93. The first-order valence-electron chi connectivity index (χ1n) is 10.4. The highest BCUT2D eigenvalue weighted by molar-refractivity contribution is 7.15. The smallest absolute Gasteiger partial charge is 0.348 e. The number of nitrogens with zero attached hydrogens (tertiary/aromatic N) is 2. The molecule has 0 saturated heterocycles. The molecule has 2 aromatic heterocycles. The second kappa shape index (κ2) is 9.48. The van der Waals surface area contributed by atoms with Crippen molar-refractivity contribution in [2.45, 2.75) is 71.9 Å². The maximum Gasteiger partial charge on any atom is 0.348 e. The van der Waals surface area contributed by atoms with Crippen LogP contribution in [0.1, 0.15) is 73.5 Å². The highest BCUT2D eigenvalue weighted by Crippen LogP contribution is 2.31. The maximum absolute atomic E-state index is 11.7. The molecule has 0 amide bonds. The molecule has 1 fully saturated rings. The summed E-state index contributed by atoms with van der Waals surface area (Å²) in [6, 6.07) is 2.50. The molecule has 0 bridgehead atoms. The number of carbonyl (C=O) groups is 1. The fourth-order valence-corrected chi connectivity index (χ4v) is 4.06. The Bertz CT molecular complexity index is 927. The quantitative estimate of drug-likeness (QED) is 0.631. The van der Waals surface area contributed by atoms with Gasteiger partial charge in [-0.15, -0.1) is 11.3 Å². The van der Waals surface area contributed by atoms with Crippen molar-refractivity contribution in [3.05, 3.63) is 33.8 Å². The monoisotopic (exact) mass is 427 g/mol. The number of thiophene rings is 1. The molecule has 0 spiro atoms. The Kier molecular flexibility index (Phi) is 6.99. The Morgan fingerprint density at radius 2 is 1.93 bits per heavy atom. The van der Waals surface area contributed by atoms with Gasteiger partial charge >= 0.3 is 12.0 Å². The lowest BCUT2D eigenvalue weighted by molar-refractivity contribution is 0.0703. The van der Waals surface area contributed by atoms with Gasteiger partial charge in [0.2, 0.25) is 0 Å². The molecule has 0 radical (unpaired) electrons. The number of ether oxygens (including phenoxy) is 1. The van der Waals surface area contributed by atoms with Gasteiger partial charge in [-0.3, -0.25) is 0 Å². The summed E-state index contributed by atoms with van der Waals surface area (Å²) in [6.07, 6.45) is 8.15. The second-order valence-electron chi connectivity index (χ2n) is 8.62. The summed E-state index contributed by atoms with van der Waals surface area (Å²) in [5.41, 5.74) is 1.63. The van der Waals surface area contributed by atoms with Crippen LogP contribution in [0.5, 0.6) is 6.01 Å². The molecule has 1 aliphatic carbocycles. The van der Waals surface area contributed by atoms with Crippen molar-refractivity contribution in [3.63, 3.8) is 0 Å². The average Bonchev–Trinajstić information content (AvgIpc) is 3.11. The van der Waals surface area contributed by atoms with Gasteiger partial charge in [0.1, 0.15) is 11.0 Å². The van der Waals surface area contributed by atoms with E-state index in [1.54, 1.807) is 12.4 Å². The maximum atomic E-state index is 11.7. The third-order valence-electron chi connectivity index (χ3n) is 4.88. The topological polar surface area (TPSA) is 84.3 Å². The van der Waals surface area contributed by atoms with E-state index in [1.165, 1.54) is 11.3 Å². The van der Waals surface area contributed by atoms with Gasteiger partial charge in [0.25, 0.3) is 0 Å². The molecular formula is C23H29N3O3S. The summed E-state index contributed by atoms with van der Waals surface area (Å²) < 4.78 is 5.92. The minimum atomic E-state index is -0.920. The van der Waals surface area contributed by atoms with E-state index in [9.17, 15) is 9.90 Å². The molecule has 2 heterocycles. The standard InChI is InChI=1S/C23H29N3O3S/c1-5-15-13-24-22(25-14-15)29-17-8-6-16(7-9-17)26-19-12-18(10-11-23(2,3)4)30-20(19)21(27)28/h12-14,16-17,26H,5-9H2,1-4H3,(H,27,28). The summed E-state index contributed by atoms with van der Waals surface area (Å²) in [5.74, 6) is 5.36. The minimum absolute atomic E-state index is 0.0881. The van der Waals surface area contributed by atoms with Gasteiger partial charge in [0, 0.05) is 23.9 Å². The first-order valence-corrected chi connectivity index (χ1v) is 11.2. The molecule has 2 N–H and O–H groups in total. The van der Waals surface area contributed by atoms with Crippen LogP contribution in [0.4, 0.5) is 5.69 Å². The Balaban J connectivity index is 1.59. The number of aromatic nitrogens is 2. The number of nitrogens with one attached hydrogen (secondary N) is 1. The van der Waals surface area contributed by atoms with Crippen LogP contribution in [0.15, 0.2) is 18.5 Å². The molecule has 160 valence electrons. The Hall–Kier alpha value is -2.59. The van der Waals surface area contributed by atoms with E-state index in [4.69, 9.17) is 4.74 Å². The van der Waals surface area contributed by atoms with Crippen molar-refractivity contribution < 1.29 is 14.6 Å². The molecule has 6 nitrogen and oxygen atoms in total. The Labute approximate surface area is 182 Å². The van der Waals surface area contributed by atoms with Gasteiger partial charge in [-0.1, -0.05) is 18.8 Å². The van der Waals surface area contributed by atoms with Crippen molar-refractivity contribution in [1.82, 2.24) is 9.97 Å². The predicted octanol–water partition coefficient (Wildman–Crippen LogP) is 5.00. The highest BCUT2D eigenvalue weighted by atomic mass is 32.1. The van der Waals surface area contributed by atoms with Crippen molar-refractivity contribution in [2.75, 3.05) is 5.32 Å². The van der Waals surface area contributed by atoms with Crippen LogP contribution in [-0.2, 0) is 6.42 Å². The number of carboxylic acid groups (broad SMARTS) is 1. The number of rotatable bonds is 6. The zero-order chi connectivity index (χ0) is 21.7. The first-order chi connectivity index (χ1) is 14.2. The Morgan fingerprint density at radius 1 is 1.27 bits per heavy atom. The number of hydrogen-bond acceptors (Lipinski definition) is 6. The van der Waals surface area contributed by atoms with E-state index in [2.05, 4.69) is 34.0 Å². The lowest BCUT2D eigenvalue weighted by Gasteiger charge is -2.29. The summed E-state index contributed by atoms with van der Waals surface area (Å²) in [6.45, 7) is 8.18. The molecule has 2 aromatic rings. The van der Waals surface area contributed by atoms with Crippen molar-refractivity contribution in [1.29, 1.82) is 0 Å². The SMILES string of the molecule is CCc1cnc(OC2CCC(Nc3cc(C#CC(C)(C)C)sc3C(=O)O)CC2)nc1. The number of hydrogen-bond donors (Lipinski definition) is 2. The molecule has 1 aliphatic rings. The molecule has 30 heavy (non-hydrogen) atoms. The third-order valence-corrected chi connectivity index (χ3v) is 5.92. The molecule has 3 rings (SSSR count). The van der Waals surface area contributed by atoms with Crippen LogP contribution in [-0.4, -0.2) is 33.2 Å². The number of anilines is 1. The molecule has 0 unspecified atom stereocenters. The number of aryl methyl sites for hydroxylation is 1. The summed E-state index contributed by atoms with van der Waals surface area (Å²) in [4.78, 5) is 21.3. The van der Waals surface area contributed by atoms with Gasteiger partial charge in [-0.05, 0) is 64.5 Å². The van der Waals surface area contributed by atoms with E-state index < -0.39 is 5.97 Å².